The van der Waals surface area contributed by atoms with Crippen LogP contribution in [-0.4, -0.2) is 40.0 Å². The van der Waals surface area contributed by atoms with Gasteiger partial charge in [0.2, 0.25) is 5.91 Å². The van der Waals surface area contributed by atoms with Crippen LogP contribution in [0.15, 0.2) is 53.3 Å². The number of nitrogens with zero attached hydrogens (tertiary/aromatic N) is 3. The van der Waals surface area contributed by atoms with Crippen LogP contribution in [0.5, 0.6) is 0 Å². The Labute approximate surface area is 187 Å². The van der Waals surface area contributed by atoms with Crippen LogP contribution in [-0.2, 0) is 11.3 Å². The number of benzene rings is 2. The van der Waals surface area contributed by atoms with E-state index in [9.17, 15) is 9.59 Å². The first-order chi connectivity index (χ1) is 15.7. The number of piperidine rings is 1. The number of carbonyl (C=O) groups excluding carboxylic acids is 1. The van der Waals surface area contributed by atoms with E-state index in [-0.39, 0.29) is 11.5 Å². The van der Waals surface area contributed by atoms with E-state index in [4.69, 9.17) is 4.98 Å². The molecule has 1 N–H and O–H groups in total. The number of hydrogen-bond donors (Lipinski definition) is 1. The summed E-state index contributed by atoms with van der Waals surface area (Å²) in [5.74, 6) is 0.720. The lowest BCUT2D eigenvalue weighted by Crippen LogP contribution is -2.32. The highest BCUT2D eigenvalue weighted by Crippen LogP contribution is 2.28. The molecule has 164 valence electrons. The number of likely N-dealkylation sites (tertiary alicyclic amines) is 1. The van der Waals surface area contributed by atoms with Crippen molar-refractivity contribution in [3.8, 4) is 0 Å². The molecule has 2 aliphatic heterocycles. The van der Waals surface area contributed by atoms with Crippen molar-refractivity contribution in [3.63, 3.8) is 0 Å². The van der Waals surface area contributed by atoms with Gasteiger partial charge >= 0.3 is 0 Å². The summed E-state index contributed by atoms with van der Waals surface area (Å²) in [5, 5.41) is 3.57. The molecule has 1 aromatic heterocycles. The van der Waals surface area contributed by atoms with Gasteiger partial charge in [-0.2, -0.15) is 0 Å². The molecule has 1 amide bonds. The molecular formula is C26H28N4O2. The Hall–Kier alpha value is -3.25. The van der Waals surface area contributed by atoms with E-state index in [1.165, 1.54) is 19.3 Å². The first-order valence-electron chi connectivity index (χ1n) is 11.5. The zero-order chi connectivity index (χ0) is 21.9. The van der Waals surface area contributed by atoms with Gasteiger partial charge in [-0.05, 0) is 67.8 Å². The monoisotopic (exact) mass is 428 g/mol. The lowest BCUT2D eigenvalue weighted by atomic mass is 10.1. The summed E-state index contributed by atoms with van der Waals surface area (Å²) in [6, 6.07) is 15.5. The number of hydrogen-bond acceptors (Lipinski definition) is 4. The third-order valence-electron chi connectivity index (χ3n) is 6.38. The van der Waals surface area contributed by atoms with E-state index in [1.807, 2.05) is 36.4 Å². The molecule has 0 aliphatic carbocycles. The van der Waals surface area contributed by atoms with Crippen LogP contribution in [0, 0.1) is 0 Å². The average molecular weight is 429 g/mol. The van der Waals surface area contributed by atoms with E-state index in [2.05, 4.69) is 16.3 Å². The first-order valence-corrected chi connectivity index (χ1v) is 11.5. The van der Waals surface area contributed by atoms with Gasteiger partial charge < -0.3 is 10.2 Å². The Morgan fingerprint density at radius 3 is 2.66 bits per heavy atom. The summed E-state index contributed by atoms with van der Waals surface area (Å²) in [6.45, 7) is 3.60. The van der Waals surface area contributed by atoms with Crippen molar-refractivity contribution in [1.29, 1.82) is 0 Å². The van der Waals surface area contributed by atoms with Crippen molar-refractivity contribution in [2.24, 2.45) is 0 Å². The molecule has 2 aliphatic rings. The number of nitrogens with one attached hydrogen (secondary N) is 1. The van der Waals surface area contributed by atoms with Gasteiger partial charge in [0.25, 0.3) is 5.56 Å². The van der Waals surface area contributed by atoms with Crippen molar-refractivity contribution in [1.82, 2.24) is 14.5 Å². The molecule has 6 heteroatoms. The highest BCUT2D eigenvalue weighted by atomic mass is 16.1. The standard InChI is InChI=1S/C26H28N4O2/c31-24(12-15-29-13-5-2-6-14-29)27-21-9-10-22-23(18-21)28-25-20(11-16-30(25)26(22)32)17-19-7-3-1-4-8-19/h1,3-4,7-10,17-18H,2,5-6,11-16H2,(H,27,31). The quantitative estimate of drug-likeness (QED) is 0.663. The summed E-state index contributed by atoms with van der Waals surface area (Å²) < 4.78 is 1.76. The smallest absolute Gasteiger partial charge is 0.261 e. The first kappa shape index (κ1) is 20.6. The number of amides is 1. The average Bonchev–Trinajstić information content (AvgIpc) is 3.22. The van der Waals surface area contributed by atoms with Gasteiger partial charge in [-0.3, -0.25) is 14.2 Å². The molecule has 0 spiro atoms. The van der Waals surface area contributed by atoms with E-state index in [0.717, 1.165) is 43.0 Å². The predicted octanol–water partition coefficient (Wildman–Crippen LogP) is 4.16. The van der Waals surface area contributed by atoms with Gasteiger partial charge in [0.05, 0.1) is 10.9 Å². The van der Waals surface area contributed by atoms with Crippen molar-refractivity contribution >= 4 is 34.1 Å². The topological polar surface area (TPSA) is 67.2 Å². The maximum atomic E-state index is 13.0. The van der Waals surface area contributed by atoms with Crippen LogP contribution in [0.4, 0.5) is 5.69 Å². The molecule has 32 heavy (non-hydrogen) atoms. The summed E-state index contributed by atoms with van der Waals surface area (Å²) in [7, 11) is 0. The van der Waals surface area contributed by atoms with Gasteiger partial charge in [-0.1, -0.05) is 36.8 Å². The van der Waals surface area contributed by atoms with E-state index in [1.54, 1.807) is 16.7 Å². The van der Waals surface area contributed by atoms with Crippen LogP contribution in [0.2, 0.25) is 0 Å². The van der Waals surface area contributed by atoms with Gasteiger partial charge in [-0.15, -0.1) is 0 Å². The van der Waals surface area contributed by atoms with Crippen molar-refractivity contribution < 1.29 is 4.79 Å². The highest BCUT2D eigenvalue weighted by Gasteiger charge is 2.21. The van der Waals surface area contributed by atoms with Crippen molar-refractivity contribution in [2.45, 2.75) is 38.6 Å². The fourth-order valence-electron chi connectivity index (χ4n) is 4.65. The lowest BCUT2D eigenvalue weighted by molar-refractivity contribution is -0.116. The number of allylic oxidation sites excluding steroid dienone is 1. The number of aromatic nitrogens is 2. The Morgan fingerprint density at radius 2 is 1.84 bits per heavy atom. The fourth-order valence-corrected chi connectivity index (χ4v) is 4.65. The molecular weight excluding hydrogens is 400 g/mol. The molecule has 0 bridgehead atoms. The molecule has 0 unspecified atom stereocenters. The minimum absolute atomic E-state index is 0.00234. The Balaban J connectivity index is 1.37. The largest absolute Gasteiger partial charge is 0.326 e. The number of anilines is 1. The minimum atomic E-state index is -0.0237. The Morgan fingerprint density at radius 1 is 1.03 bits per heavy atom. The van der Waals surface area contributed by atoms with Crippen LogP contribution < -0.4 is 10.9 Å². The van der Waals surface area contributed by atoms with Crippen LogP contribution in [0.25, 0.3) is 22.6 Å². The third kappa shape index (κ3) is 4.36. The maximum Gasteiger partial charge on any atom is 0.261 e. The van der Waals surface area contributed by atoms with Crippen LogP contribution in [0.3, 0.4) is 0 Å². The SMILES string of the molecule is O=C(CCN1CCCCC1)Nc1ccc2c(=O)n3c(nc2c1)C(=Cc1ccccc1)CC3. The fraction of sp³-hybridized carbons (Fsp3) is 0.346. The maximum absolute atomic E-state index is 13.0. The second kappa shape index (κ2) is 9.09. The molecule has 3 heterocycles. The van der Waals surface area contributed by atoms with Gasteiger partial charge in [0, 0.05) is 25.2 Å². The predicted molar refractivity (Wildman–Crippen MR) is 128 cm³/mol. The van der Waals surface area contributed by atoms with Gasteiger partial charge in [-0.25, -0.2) is 4.98 Å². The normalized spacial score (nSPS) is 17.6. The summed E-state index contributed by atoms with van der Waals surface area (Å²) >= 11 is 0. The highest BCUT2D eigenvalue weighted by molar-refractivity contribution is 5.94. The van der Waals surface area contributed by atoms with Crippen molar-refractivity contribution in [3.05, 3.63) is 70.3 Å². The Bertz CT molecular complexity index is 1220. The van der Waals surface area contributed by atoms with Crippen LogP contribution in [0.1, 0.15) is 43.5 Å². The molecule has 2 aromatic carbocycles. The van der Waals surface area contributed by atoms with Crippen molar-refractivity contribution in [2.75, 3.05) is 25.0 Å². The Kier molecular flexibility index (Phi) is 5.86. The van der Waals surface area contributed by atoms with E-state index < -0.39 is 0 Å². The molecule has 0 radical (unpaired) electrons. The van der Waals surface area contributed by atoms with Gasteiger partial charge in [0.1, 0.15) is 5.82 Å². The number of carbonyl (C=O) groups is 1. The van der Waals surface area contributed by atoms with Crippen LogP contribution >= 0.6 is 0 Å². The number of fused-ring (bicyclic) bond motifs is 2. The molecule has 3 aromatic rings. The summed E-state index contributed by atoms with van der Waals surface area (Å²) in [4.78, 5) is 32.7. The van der Waals surface area contributed by atoms with Gasteiger partial charge in [0.15, 0.2) is 0 Å². The molecule has 0 saturated carbocycles. The minimum Gasteiger partial charge on any atom is -0.326 e. The third-order valence-corrected chi connectivity index (χ3v) is 6.38. The summed E-state index contributed by atoms with van der Waals surface area (Å²) in [6.07, 6.45) is 7.09. The van der Waals surface area contributed by atoms with E-state index >= 15 is 0 Å². The number of rotatable bonds is 5. The molecule has 0 atom stereocenters. The van der Waals surface area contributed by atoms with E-state index in [0.29, 0.717) is 29.6 Å². The molecule has 5 rings (SSSR count). The molecule has 1 fully saturated rings. The molecule has 1 saturated heterocycles. The zero-order valence-corrected chi connectivity index (χ0v) is 18.2. The second-order valence-corrected chi connectivity index (χ2v) is 8.65. The zero-order valence-electron chi connectivity index (χ0n) is 18.2. The summed E-state index contributed by atoms with van der Waals surface area (Å²) in [5.41, 5.74) is 3.44. The second-order valence-electron chi connectivity index (χ2n) is 8.65. The molecule has 6 nitrogen and oxygen atoms in total. The lowest BCUT2D eigenvalue weighted by Gasteiger charge is -2.25.